The van der Waals surface area contributed by atoms with Gasteiger partial charge in [-0.05, 0) is 18.2 Å². The number of hydrogen-bond acceptors (Lipinski definition) is 2. The summed E-state index contributed by atoms with van der Waals surface area (Å²) in [5, 5.41) is 2.81. The Hall–Kier alpha value is -1.06. The summed E-state index contributed by atoms with van der Waals surface area (Å²) in [6.45, 7) is 0. The van der Waals surface area contributed by atoms with Gasteiger partial charge in [0.1, 0.15) is 5.88 Å². The van der Waals surface area contributed by atoms with E-state index < -0.39 is 0 Å². The molecule has 1 amide bonds. The Morgan fingerprint density at radius 3 is 2.71 bits per heavy atom. The molecule has 3 nitrogen and oxygen atoms in total. The first-order chi connectivity index (χ1) is 6.67. The Bertz CT molecular complexity index is 366. The van der Waals surface area contributed by atoms with Gasteiger partial charge in [-0.1, -0.05) is 11.6 Å². The molecule has 1 aromatic carbocycles. The summed E-state index contributed by atoms with van der Waals surface area (Å²) in [4.78, 5) is 21.3. The van der Waals surface area contributed by atoms with E-state index >= 15 is 0 Å². The summed E-state index contributed by atoms with van der Waals surface area (Å²) in [6, 6.07) is 4.61. The fourth-order valence-corrected chi connectivity index (χ4v) is 1.19. The number of nitrogens with one attached hydrogen (secondary N) is 1. The summed E-state index contributed by atoms with van der Waals surface area (Å²) < 4.78 is 0. The van der Waals surface area contributed by atoms with Gasteiger partial charge in [0.05, 0.1) is 5.02 Å². The van der Waals surface area contributed by atoms with Crippen molar-refractivity contribution in [3.63, 3.8) is 0 Å². The third-order valence-electron chi connectivity index (χ3n) is 1.53. The van der Waals surface area contributed by atoms with Crippen LogP contribution in [-0.4, -0.2) is 18.1 Å². The number of amides is 1. The van der Waals surface area contributed by atoms with Crippen LogP contribution in [0.15, 0.2) is 18.2 Å². The number of hydrogen-bond donors (Lipinski definition) is 1. The lowest BCUT2D eigenvalue weighted by atomic mass is 10.2. The molecule has 1 rings (SSSR count). The standard InChI is InChI=1S/C9H7Cl2NO2/c10-4-9(14)12-7-2-1-6(5-13)8(11)3-7/h1-3,5H,4H2,(H,12,14). The van der Waals surface area contributed by atoms with Crippen LogP contribution in [0.4, 0.5) is 5.69 Å². The molecule has 0 saturated heterocycles. The zero-order valence-corrected chi connectivity index (χ0v) is 8.60. The van der Waals surface area contributed by atoms with Crippen LogP contribution in [0.3, 0.4) is 0 Å². The zero-order chi connectivity index (χ0) is 10.6. The van der Waals surface area contributed by atoms with Gasteiger partial charge in [0.2, 0.25) is 5.91 Å². The number of anilines is 1. The first kappa shape index (κ1) is 11.0. The van der Waals surface area contributed by atoms with E-state index in [4.69, 9.17) is 23.2 Å². The summed E-state index contributed by atoms with van der Waals surface area (Å²) in [6.07, 6.45) is 0.648. The molecule has 5 heteroatoms. The lowest BCUT2D eigenvalue weighted by Crippen LogP contribution is -2.12. The maximum absolute atomic E-state index is 10.9. The first-order valence-electron chi connectivity index (χ1n) is 3.78. The minimum atomic E-state index is -0.318. The smallest absolute Gasteiger partial charge is 0.239 e. The Balaban J connectivity index is 2.86. The van der Waals surface area contributed by atoms with Crippen molar-refractivity contribution in [2.24, 2.45) is 0 Å². The number of halogens is 2. The molecule has 0 fully saturated rings. The van der Waals surface area contributed by atoms with Crippen LogP contribution in [-0.2, 0) is 4.79 Å². The highest BCUT2D eigenvalue weighted by atomic mass is 35.5. The summed E-state index contributed by atoms with van der Waals surface area (Å²) in [5.74, 6) is -0.436. The largest absolute Gasteiger partial charge is 0.325 e. The molecule has 74 valence electrons. The van der Waals surface area contributed by atoms with E-state index in [9.17, 15) is 9.59 Å². The van der Waals surface area contributed by atoms with Crippen molar-refractivity contribution in [3.8, 4) is 0 Å². The van der Waals surface area contributed by atoms with E-state index in [1.165, 1.54) is 12.1 Å². The van der Waals surface area contributed by atoms with Crippen molar-refractivity contribution in [1.82, 2.24) is 0 Å². The molecule has 14 heavy (non-hydrogen) atoms. The van der Waals surface area contributed by atoms with Gasteiger partial charge in [0, 0.05) is 11.3 Å². The molecule has 0 aromatic heterocycles. The molecule has 0 bridgehead atoms. The molecular formula is C9H7Cl2NO2. The normalized spacial score (nSPS) is 9.57. The van der Waals surface area contributed by atoms with E-state index in [0.717, 1.165) is 0 Å². The third-order valence-corrected chi connectivity index (χ3v) is 2.10. The molecule has 0 radical (unpaired) electrons. The van der Waals surface area contributed by atoms with Crippen molar-refractivity contribution < 1.29 is 9.59 Å². The quantitative estimate of drug-likeness (QED) is 0.642. The van der Waals surface area contributed by atoms with Gasteiger partial charge >= 0.3 is 0 Å². The number of rotatable bonds is 3. The van der Waals surface area contributed by atoms with Gasteiger partial charge < -0.3 is 5.32 Å². The predicted molar refractivity (Wildman–Crippen MR) is 56.2 cm³/mol. The summed E-state index contributed by atoms with van der Waals surface area (Å²) >= 11 is 11.0. The van der Waals surface area contributed by atoms with Gasteiger partial charge in [0.15, 0.2) is 6.29 Å². The fraction of sp³-hybridized carbons (Fsp3) is 0.111. The fourth-order valence-electron chi connectivity index (χ4n) is 0.895. The van der Waals surface area contributed by atoms with Crippen molar-refractivity contribution in [1.29, 1.82) is 0 Å². The van der Waals surface area contributed by atoms with Gasteiger partial charge in [-0.25, -0.2) is 0 Å². The second kappa shape index (κ2) is 4.98. The minimum absolute atomic E-state index is 0.118. The second-order valence-corrected chi connectivity index (χ2v) is 3.21. The average molecular weight is 232 g/mol. The maximum Gasteiger partial charge on any atom is 0.239 e. The zero-order valence-electron chi connectivity index (χ0n) is 7.09. The monoisotopic (exact) mass is 231 g/mol. The molecule has 0 unspecified atom stereocenters. The van der Waals surface area contributed by atoms with Gasteiger partial charge in [-0.15, -0.1) is 11.6 Å². The molecule has 0 atom stereocenters. The van der Waals surface area contributed by atoms with Crippen LogP contribution in [0.5, 0.6) is 0 Å². The molecule has 0 aliphatic heterocycles. The number of alkyl halides is 1. The van der Waals surface area contributed by atoms with E-state index in [2.05, 4.69) is 5.32 Å². The van der Waals surface area contributed by atoms with Crippen LogP contribution in [0.1, 0.15) is 10.4 Å². The van der Waals surface area contributed by atoms with E-state index in [1.807, 2.05) is 0 Å². The highest BCUT2D eigenvalue weighted by Gasteiger charge is 2.03. The molecule has 0 aliphatic carbocycles. The lowest BCUT2D eigenvalue weighted by molar-refractivity contribution is -0.113. The van der Waals surface area contributed by atoms with Crippen LogP contribution < -0.4 is 5.32 Å². The molecule has 0 aliphatic rings. The van der Waals surface area contributed by atoms with Crippen molar-refractivity contribution >= 4 is 41.1 Å². The van der Waals surface area contributed by atoms with E-state index in [1.54, 1.807) is 6.07 Å². The Morgan fingerprint density at radius 2 is 2.21 bits per heavy atom. The van der Waals surface area contributed by atoms with E-state index in [0.29, 0.717) is 22.6 Å². The topological polar surface area (TPSA) is 46.2 Å². The summed E-state index contributed by atoms with van der Waals surface area (Å²) in [5.41, 5.74) is 0.904. The molecule has 0 spiro atoms. The van der Waals surface area contributed by atoms with Gasteiger partial charge in [-0.2, -0.15) is 0 Å². The number of carbonyl (C=O) groups excluding carboxylic acids is 2. The van der Waals surface area contributed by atoms with Crippen molar-refractivity contribution in [2.75, 3.05) is 11.2 Å². The Labute approximate surface area is 91.0 Å². The van der Waals surface area contributed by atoms with Gasteiger partial charge in [0.25, 0.3) is 0 Å². The molecule has 1 N–H and O–H groups in total. The highest BCUT2D eigenvalue weighted by Crippen LogP contribution is 2.19. The molecular weight excluding hydrogens is 225 g/mol. The van der Waals surface area contributed by atoms with Crippen LogP contribution in [0, 0.1) is 0 Å². The van der Waals surface area contributed by atoms with Crippen LogP contribution in [0.2, 0.25) is 5.02 Å². The van der Waals surface area contributed by atoms with Crippen molar-refractivity contribution in [2.45, 2.75) is 0 Å². The molecule has 0 heterocycles. The Kier molecular flexibility index (Phi) is 3.92. The lowest BCUT2D eigenvalue weighted by Gasteiger charge is -2.03. The Morgan fingerprint density at radius 1 is 1.50 bits per heavy atom. The van der Waals surface area contributed by atoms with Crippen LogP contribution >= 0.6 is 23.2 Å². The number of aldehydes is 1. The number of carbonyl (C=O) groups is 2. The van der Waals surface area contributed by atoms with Gasteiger partial charge in [-0.3, -0.25) is 9.59 Å². The highest BCUT2D eigenvalue weighted by molar-refractivity contribution is 6.33. The summed E-state index contributed by atoms with van der Waals surface area (Å²) in [7, 11) is 0. The molecule has 1 aromatic rings. The van der Waals surface area contributed by atoms with Crippen LogP contribution in [0.25, 0.3) is 0 Å². The van der Waals surface area contributed by atoms with E-state index in [-0.39, 0.29) is 11.8 Å². The minimum Gasteiger partial charge on any atom is -0.325 e. The third kappa shape index (κ3) is 2.72. The van der Waals surface area contributed by atoms with Crippen molar-refractivity contribution in [3.05, 3.63) is 28.8 Å². The SMILES string of the molecule is O=Cc1ccc(NC(=O)CCl)cc1Cl. The average Bonchev–Trinajstić information content (AvgIpc) is 2.18. The predicted octanol–water partition coefficient (Wildman–Crippen LogP) is 2.33. The second-order valence-electron chi connectivity index (χ2n) is 2.54. The molecule has 0 saturated carbocycles. The maximum atomic E-state index is 10.9. The number of benzene rings is 1. The first-order valence-corrected chi connectivity index (χ1v) is 4.69.